The van der Waals surface area contributed by atoms with Gasteiger partial charge in [-0.15, -0.1) is 0 Å². The molecule has 0 saturated carbocycles. The number of hydrogen-bond donors (Lipinski definition) is 0. The minimum atomic E-state index is 0.197. The van der Waals surface area contributed by atoms with Gasteiger partial charge in [0.05, 0.1) is 12.8 Å². The highest BCUT2D eigenvalue weighted by Crippen LogP contribution is 2.30. The van der Waals surface area contributed by atoms with Gasteiger partial charge in [-0.2, -0.15) is 0 Å². The third kappa shape index (κ3) is 4.74. The summed E-state index contributed by atoms with van der Waals surface area (Å²) in [6, 6.07) is 15.4. The predicted molar refractivity (Wildman–Crippen MR) is 114 cm³/mol. The number of oxazole rings is 1. The van der Waals surface area contributed by atoms with Crippen LogP contribution in [0.25, 0.3) is 11.5 Å². The summed E-state index contributed by atoms with van der Waals surface area (Å²) in [5, 5.41) is 0.678. The number of nitrogens with zero attached hydrogens (tertiary/aromatic N) is 2. The molecular weight excluding hydrogens is 388 g/mol. The van der Waals surface area contributed by atoms with Gasteiger partial charge >= 0.3 is 0 Å². The first-order valence-electron chi connectivity index (χ1n) is 9.86. The minimum Gasteiger partial charge on any atom is -0.493 e. The number of benzene rings is 2. The second-order valence-electron chi connectivity index (χ2n) is 7.28. The first-order chi connectivity index (χ1) is 14.1. The summed E-state index contributed by atoms with van der Waals surface area (Å²) >= 11 is 6.09. The molecule has 0 unspecified atom stereocenters. The van der Waals surface area contributed by atoms with Crippen LogP contribution in [0, 0.1) is 6.92 Å². The first kappa shape index (κ1) is 19.8. The monoisotopic (exact) mass is 412 g/mol. The average molecular weight is 413 g/mol. The molecule has 29 heavy (non-hydrogen) atoms. The van der Waals surface area contributed by atoms with Crippen molar-refractivity contribution in [2.45, 2.75) is 32.4 Å². The summed E-state index contributed by atoms with van der Waals surface area (Å²) in [4.78, 5) is 7.11. The second-order valence-corrected chi connectivity index (χ2v) is 7.71. The first-order valence-corrected chi connectivity index (χ1v) is 10.2. The summed E-state index contributed by atoms with van der Waals surface area (Å²) in [5.41, 5.74) is 1.87. The molecule has 152 valence electrons. The standard InChI is InChI=1S/C23H25ClN2O3/c1-16-20(25-23(28-16)17-6-5-7-18(24)14-17)15-26-12-10-19(11-13-26)29-22-9-4-3-8-21(22)27-2/h3-9,14,19H,10-13,15H2,1-2H3. The summed E-state index contributed by atoms with van der Waals surface area (Å²) < 4.78 is 17.4. The molecule has 0 amide bonds. The molecule has 1 aliphatic rings. The van der Waals surface area contributed by atoms with E-state index in [1.54, 1.807) is 7.11 Å². The van der Waals surface area contributed by atoms with Crippen LogP contribution in [-0.2, 0) is 6.54 Å². The Hall–Kier alpha value is -2.50. The van der Waals surface area contributed by atoms with Crippen LogP contribution < -0.4 is 9.47 Å². The van der Waals surface area contributed by atoms with Crippen LogP contribution in [0.3, 0.4) is 0 Å². The van der Waals surface area contributed by atoms with Gasteiger partial charge in [-0.3, -0.25) is 4.90 Å². The van der Waals surface area contributed by atoms with Crippen LogP contribution in [0.5, 0.6) is 11.5 Å². The van der Waals surface area contributed by atoms with Crippen molar-refractivity contribution < 1.29 is 13.9 Å². The van der Waals surface area contributed by atoms with Crippen LogP contribution in [-0.4, -0.2) is 36.2 Å². The number of aryl methyl sites for hydroxylation is 1. The molecule has 1 fully saturated rings. The van der Waals surface area contributed by atoms with E-state index in [0.29, 0.717) is 10.9 Å². The molecular formula is C23H25ClN2O3. The summed E-state index contributed by atoms with van der Waals surface area (Å²) in [5.74, 6) is 3.07. The summed E-state index contributed by atoms with van der Waals surface area (Å²) in [6.45, 7) is 4.66. The number of hydrogen-bond acceptors (Lipinski definition) is 5. The number of aromatic nitrogens is 1. The van der Waals surface area contributed by atoms with E-state index >= 15 is 0 Å². The van der Waals surface area contributed by atoms with Gasteiger partial charge in [0, 0.05) is 30.2 Å². The van der Waals surface area contributed by atoms with Crippen molar-refractivity contribution in [3.8, 4) is 23.0 Å². The highest BCUT2D eigenvalue weighted by atomic mass is 35.5. The topological polar surface area (TPSA) is 47.7 Å². The molecule has 2 heterocycles. The highest BCUT2D eigenvalue weighted by molar-refractivity contribution is 6.30. The maximum absolute atomic E-state index is 6.17. The van der Waals surface area contributed by atoms with Gasteiger partial charge < -0.3 is 13.9 Å². The fourth-order valence-electron chi connectivity index (χ4n) is 3.61. The van der Waals surface area contributed by atoms with E-state index in [1.165, 1.54) is 0 Å². The normalized spacial score (nSPS) is 15.4. The van der Waals surface area contributed by atoms with Gasteiger partial charge in [0.1, 0.15) is 11.9 Å². The Bertz CT molecular complexity index is 964. The van der Waals surface area contributed by atoms with Gasteiger partial charge in [0.25, 0.3) is 0 Å². The lowest BCUT2D eigenvalue weighted by Crippen LogP contribution is -2.38. The van der Waals surface area contributed by atoms with E-state index in [0.717, 1.165) is 61.0 Å². The zero-order valence-electron chi connectivity index (χ0n) is 16.7. The van der Waals surface area contributed by atoms with Crippen LogP contribution in [0.2, 0.25) is 5.02 Å². The Labute approximate surface area is 176 Å². The van der Waals surface area contributed by atoms with E-state index in [2.05, 4.69) is 4.90 Å². The average Bonchev–Trinajstić information content (AvgIpc) is 3.10. The number of halogens is 1. The van der Waals surface area contributed by atoms with Gasteiger partial charge in [0.15, 0.2) is 11.5 Å². The van der Waals surface area contributed by atoms with Gasteiger partial charge in [-0.25, -0.2) is 4.98 Å². The molecule has 2 aromatic carbocycles. The third-order valence-electron chi connectivity index (χ3n) is 5.23. The molecule has 1 saturated heterocycles. The fourth-order valence-corrected chi connectivity index (χ4v) is 3.80. The highest BCUT2D eigenvalue weighted by Gasteiger charge is 2.23. The number of ether oxygens (including phenoxy) is 2. The lowest BCUT2D eigenvalue weighted by Gasteiger charge is -2.32. The van der Waals surface area contributed by atoms with Crippen molar-refractivity contribution in [2.24, 2.45) is 0 Å². The molecule has 0 atom stereocenters. The molecule has 3 aromatic rings. The number of rotatable bonds is 6. The maximum atomic E-state index is 6.17. The smallest absolute Gasteiger partial charge is 0.226 e. The van der Waals surface area contributed by atoms with E-state index in [1.807, 2.05) is 55.5 Å². The molecule has 0 N–H and O–H groups in total. The van der Waals surface area contributed by atoms with Crippen molar-refractivity contribution in [1.29, 1.82) is 0 Å². The van der Waals surface area contributed by atoms with Gasteiger partial charge in [-0.05, 0) is 50.1 Å². The quantitative estimate of drug-likeness (QED) is 0.545. The largest absolute Gasteiger partial charge is 0.493 e. The van der Waals surface area contributed by atoms with Crippen LogP contribution >= 0.6 is 11.6 Å². The van der Waals surface area contributed by atoms with E-state index in [-0.39, 0.29) is 6.10 Å². The molecule has 4 rings (SSSR count). The second kappa shape index (κ2) is 8.89. The zero-order chi connectivity index (χ0) is 20.2. The number of methoxy groups -OCH3 is 1. The Balaban J connectivity index is 1.35. The van der Waals surface area contributed by atoms with E-state index in [4.69, 9.17) is 30.5 Å². The number of piperidine rings is 1. The molecule has 5 nitrogen and oxygen atoms in total. The lowest BCUT2D eigenvalue weighted by atomic mass is 10.1. The Kier molecular flexibility index (Phi) is 6.07. The predicted octanol–water partition coefficient (Wildman–Crippen LogP) is 5.36. The number of para-hydroxylation sites is 2. The Morgan fingerprint density at radius 1 is 1.10 bits per heavy atom. The van der Waals surface area contributed by atoms with Crippen molar-refractivity contribution in [3.05, 3.63) is 65.0 Å². The zero-order valence-corrected chi connectivity index (χ0v) is 17.5. The molecule has 1 aromatic heterocycles. The fraction of sp³-hybridized carbons (Fsp3) is 0.348. The Morgan fingerprint density at radius 3 is 2.59 bits per heavy atom. The Morgan fingerprint density at radius 2 is 1.86 bits per heavy atom. The van der Waals surface area contributed by atoms with Crippen LogP contribution in [0.1, 0.15) is 24.3 Å². The van der Waals surface area contributed by atoms with E-state index in [9.17, 15) is 0 Å². The van der Waals surface area contributed by atoms with Crippen molar-refractivity contribution in [2.75, 3.05) is 20.2 Å². The molecule has 1 aliphatic heterocycles. The molecule has 0 bridgehead atoms. The molecule has 0 radical (unpaired) electrons. The van der Waals surface area contributed by atoms with Gasteiger partial charge in [0.2, 0.25) is 5.89 Å². The summed E-state index contributed by atoms with van der Waals surface area (Å²) in [7, 11) is 1.67. The van der Waals surface area contributed by atoms with E-state index < -0.39 is 0 Å². The van der Waals surface area contributed by atoms with Crippen molar-refractivity contribution >= 4 is 11.6 Å². The maximum Gasteiger partial charge on any atom is 0.226 e. The molecule has 6 heteroatoms. The summed E-state index contributed by atoms with van der Waals surface area (Å²) in [6.07, 6.45) is 2.13. The number of likely N-dealkylation sites (tertiary alicyclic amines) is 1. The SMILES string of the molecule is COc1ccccc1OC1CCN(Cc2nc(-c3cccc(Cl)c3)oc2C)CC1. The van der Waals surface area contributed by atoms with Gasteiger partial charge in [-0.1, -0.05) is 29.8 Å². The minimum absolute atomic E-state index is 0.197. The van der Waals surface area contributed by atoms with Crippen LogP contribution in [0.15, 0.2) is 52.9 Å². The van der Waals surface area contributed by atoms with Crippen molar-refractivity contribution in [3.63, 3.8) is 0 Å². The van der Waals surface area contributed by atoms with Crippen molar-refractivity contribution in [1.82, 2.24) is 9.88 Å². The molecule has 0 spiro atoms. The lowest BCUT2D eigenvalue weighted by molar-refractivity contribution is 0.0935. The molecule has 0 aliphatic carbocycles. The third-order valence-corrected chi connectivity index (χ3v) is 5.47. The van der Waals surface area contributed by atoms with Crippen LogP contribution in [0.4, 0.5) is 0 Å².